The van der Waals surface area contributed by atoms with Crippen molar-refractivity contribution in [2.24, 2.45) is 0 Å². The van der Waals surface area contributed by atoms with Crippen LogP contribution < -0.4 is 10.1 Å². The van der Waals surface area contributed by atoms with Crippen LogP contribution in [0.2, 0.25) is 10.0 Å². The summed E-state index contributed by atoms with van der Waals surface area (Å²) >= 11 is 11.9. The molecule has 0 spiro atoms. The summed E-state index contributed by atoms with van der Waals surface area (Å²) in [6, 6.07) is 22.4. The zero-order valence-corrected chi connectivity index (χ0v) is 15.9. The van der Waals surface area contributed by atoms with Gasteiger partial charge in [-0.25, -0.2) is 0 Å². The maximum Gasteiger partial charge on any atom is 0.248 e. The van der Waals surface area contributed by atoms with Crippen LogP contribution >= 0.6 is 23.2 Å². The fourth-order valence-corrected chi connectivity index (χ4v) is 2.81. The molecule has 27 heavy (non-hydrogen) atoms. The predicted octanol–water partition coefficient (Wildman–Crippen LogP) is 6.22. The summed E-state index contributed by atoms with van der Waals surface area (Å²) in [5.41, 5.74) is 2.51. The van der Waals surface area contributed by atoms with Gasteiger partial charge in [-0.1, -0.05) is 65.7 Å². The van der Waals surface area contributed by atoms with Crippen LogP contribution in [0.1, 0.15) is 11.1 Å². The molecule has 0 heterocycles. The lowest BCUT2D eigenvalue weighted by molar-refractivity contribution is -0.111. The first-order chi connectivity index (χ1) is 13.1. The first-order valence-electron chi connectivity index (χ1n) is 8.31. The highest BCUT2D eigenvalue weighted by molar-refractivity contribution is 6.36. The van der Waals surface area contributed by atoms with Gasteiger partial charge in [0.15, 0.2) is 0 Å². The minimum Gasteiger partial charge on any atom is -0.489 e. The zero-order chi connectivity index (χ0) is 19.1. The summed E-state index contributed by atoms with van der Waals surface area (Å²) in [6.45, 7) is 0.514. The Balaban J connectivity index is 1.54. The lowest BCUT2D eigenvalue weighted by atomic mass is 10.2. The van der Waals surface area contributed by atoms with E-state index >= 15 is 0 Å². The SMILES string of the molecule is O=C(C=Cc1ccc(OCc2ccccc2)cc1)Nc1ccc(Cl)cc1Cl. The van der Waals surface area contributed by atoms with Gasteiger partial charge >= 0.3 is 0 Å². The van der Waals surface area contributed by atoms with Gasteiger partial charge in [-0.2, -0.15) is 0 Å². The molecule has 3 aromatic rings. The molecule has 0 saturated heterocycles. The van der Waals surface area contributed by atoms with E-state index in [1.165, 1.54) is 6.08 Å². The lowest BCUT2D eigenvalue weighted by Crippen LogP contribution is -2.08. The molecule has 5 heteroatoms. The highest BCUT2D eigenvalue weighted by Crippen LogP contribution is 2.25. The summed E-state index contributed by atoms with van der Waals surface area (Å²) in [5.74, 6) is 0.497. The van der Waals surface area contributed by atoms with E-state index in [0.29, 0.717) is 22.3 Å². The normalized spacial score (nSPS) is 10.7. The second-order valence-corrected chi connectivity index (χ2v) is 6.63. The number of carbonyl (C=O) groups excluding carboxylic acids is 1. The average molecular weight is 398 g/mol. The van der Waals surface area contributed by atoms with E-state index in [1.54, 1.807) is 24.3 Å². The Bertz CT molecular complexity index is 938. The number of rotatable bonds is 6. The number of ether oxygens (including phenoxy) is 1. The Labute approximate surface area is 168 Å². The van der Waals surface area contributed by atoms with Gasteiger partial charge in [0.1, 0.15) is 12.4 Å². The Morgan fingerprint density at radius 3 is 2.41 bits per heavy atom. The summed E-state index contributed by atoms with van der Waals surface area (Å²) in [5, 5.41) is 3.63. The molecule has 3 nitrogen and oxygen atoms in total. The topological polar surface area (TPSA) is 38.3 Å². The van der Waals surface area contributed by atoms with Crippen molar-refractivity contribution >= 4 is 40.9 Å². The van der Waals surface area contributed by atoms with E-state index in [1.807, 2.05) is 54.6 Å². The minimum absolute atomic E-state index is 0.274. The molecule has 0 aliphatic rings. The first kappa shape index (κ1) is 19.0. The van der Waals surface area contributed by atoms with Gasteiger partial charge < -0.3 is 10.1 Å². The number of amides is 1. The number of nitrogens with one attached hydrogen (secondary N) is 1. The fraction of sp³-hybridized carbons (Fsp3) is 0.0455. The monoisotopic (exact) mass is 397 g/mol. The van der Waals surface area contributed by atoms with Gasteiger partial charge in [0, 0.05) is 11.1 Å². The molecule has 3 rings (SSSR count). The average Bonchev–Trinajstić information content (AvgIpc) is 2.68. The van der Waals surface area contributed by atoms with Gasteiger partial charge in [-0.15, -0.1) is 0 Å². The van der Waals surface area contributed by atoms with E-state index < -0.39 is 0 Å². The molecule has 1 N–H and O–H groups in total. The van der Waals surface area contributed by atoms with Gasteiger partial charge in [-0.05, 0) is 47.5 Å². The molecule has 0 aliphatic heterocycles. The van der Waals surface area contributed by atoms with Gasteiger partial charge in [0.25, 0.3) is 0 Å². The maximum absolute atomic E-state index is 12.0. The molecular weight excluding hydrogens is 381 g/mol. The van der Waals surface area contributed by atoms with Crippen molar-refractivity contribution in [1.82, 2.24) is 0 Å². The molecule has 0 aliphatic carbocycles. The molecule has 3 aromatic carbocycles. The Morgan fingerprint density at radius 2 is 1.70 bits per heavy atom. The predicted molar refractivity (Wildman–Crippen MR) is 111 cm³/mol. The van der Waals surface area contributed by atoms with Crippen LogP contribution in [-0.4, -0.2) is 5.91 Å². The van der Waals surface area contributed by atoms with E-state index in [4.69, 9.17) is 27.9 Å². The summed E-state index contributed by atoms with van der Waals surface area (Å²) in [7, 11) is 0. The quantitative estimate of drug-likeness (QED) is 0.501. The number of carbonyl (C=O) groups is 1. The van der Waals surface area contributed by atoms with E-state index in [0.717, 1.165) is 16.9 Å². The second kappa shape index (κ2) is 9.26. The highest BCUT2D eigenvalue weighted by atomic mass is 35.5. The second-order valence-electron chi connectivity index (χ2n) is 5.79. The van der Waals surface area contributed by atoms with Crippen molar-refractivity contribution in [1.29, 1.82) is 0 Å². The van der Waals surface area contributed by atoms with Gasteiger partial charge in [0.05, 0.1) is 10.7 Å². The number of anilines is 1. The van der Waals surface area contributed by atoms with E-state index in [2.05, 4.69) is 5.32 Å². The lowest BCUT2D eigenvalue weighted by Gasteiger charge is -2.06. The standard InChI is InChI=1S/C22H17Cl2NO2/c23-18-9-12-21(20(24)14-18)25-22(26)13-8-16-6-10-19(11-7-16)27-15-17-4-2-1-3-5-17/h1-14H,15H2,(H,25,26). The minimum atomic E-state index is -0.274. The van der Waals surface area contributed by atoms with Gasteiger partial charge in [0.2, 0.25) is 5.91 Å². The Kier molecular flexibility index (Phi) is 6.53. The molecule has 0 aromatic heterocycles. The van der Waals surface area contributed by atoms with Crippen molar-refractivity contribution in [2.75, 3.05) is 5.32 Å². The molecule has 136 valence electrons. The zero-order valence-electron chi connectivity index (χ0n) is 14.4. The van der Waals surface area contributed by atoms with Crippen molar-refractivity contribution in [3.63, 3.8) is 0 Å². The molecule has 0 fully saturated rings. The largest absolute Gasteiger partial charge is 0.489 e. The third-order valence-corrected chi connectivity index (χ3v) is 4.29. The van der Waals surface area contributed by atoms with Crippen LogP contribution in [0.25, 0.3) is 6.08 Å². The molecule has 0 atom stereocenters. The van der Waals surface area contributed by atoms with Crippen LogP contribution in [0, 0.1) is 0 Å². The van der Waals surface area contributed by atoms with Crippen molar-refractivity contribution in [3.8, 4) is 5.75 Å². The number of halogens is 2. The van der Waals surface area contributed by atoms with Crippen molar-refractivity contribution in [3.05, 3.63) is 100 Å². The summed E-state index contributed by atoms with van der Waals surface area (Å²) < 4.78 is 5.75. The molecule has 0 radical (unpaired) electrons. The molecule has 0 bridgehead atoms. The Morgan fingerprint density at radius 1 is 0.963 bits per heavy atom. The van der Waals surface area contributed by atoms with Gasteiger partial charge in [-0.3, -0.25) is 4.79 Å². The number of hydrogen-bond acceptors (Lipinski definition) is 2. The summed E-state index contributed by atoms with van der Waals surface area (Å²) in [6.07, 6.45) is 3.17. The summed E-state index contributed by atoms with van der Waals surface area (Å²) in [4.78, 5) is 12.0. The Hall–Kier alpha value is -2.75. The van der Waals surface area contributed by atoms with Crippen LogP contribution in [-0.2, 0) is 11.4 Å². The molecule has 1 amide bonds. The molecule has 0 saturated carbocycles. The van der Waals surface area contributed by atoms with Crippen molar-refractivity contribution in [2.45, 2.75) is 6.61 Å². The number of hydrogen-bond donors (Lipinski definition) is 1. The third kappa shape index (κ3) is 5.88. The van der Waals surface area contributed by atoms with E-state index in [9.17, 15) is 4.79 Å². The fourth-order valence-electron chi connectivity index (χ4n) is 2.35. The van der Waals surface area contributed by atoms with E-state index in [-0.39, 0.29) is 5.91 Å². The van der Waals surface area contributed by atoms with Crippen molar-refractivity contribution < 1.29 is 9.53 Å². The molecular formula is C22H17Cl2NO2. The third-order valence-electron chi connectivity index (χ3n) is 3.74. The maximum atomic E-state index is 12.0. The smallest absolute Gasteiger partial charge is 0.248 e. The van der Waals surface area contributed by atoms with Crippen LogP contribution in [0.15, 0.2) is 78.9 Å². The van der Waals surface area contributed by atoms with Crippen LogP contribution in [0.5, 0.6) is 5.75 Å². The first-order valence-corrected chi connectivity index (χ1v) is 9.07. The highest BCUT2D eigenvalue weighted by Gasteiger charge is 2.04. The molecule has 0 unspecified atom stereocenters. The van der Waals surface area contributed by atoms with Crippen LogP contribution in [0.3, 0.4) is 0 Å². The van der Waals surface area contributed by atoms with Crippen LogP contribution in [0.4, 0.5) is 5.69 Å². The number of benzene rings is 3.